The number of benzene rings is 1. The van der Waals surface area contributed by atoms with E-state index in [4.69, 9.17) is 16.3 Å². The van der Waals surface area contributed by atoms with Crippen LogP contribution in [0.1, 0.15) is 16.2 Å². The van der Waals surface area contributed by atoms with Crippen LogP contribution in [0.15, 0.2) is 24.3 Å². The molecule has 0 spiro atoms. The Balaban J connectivity index is 2.22. The molecule has 0 atom stereocenters. The van der Waals surface area contributed by atoms with E-state index in [0.717, 1.165) is 0 Å². The molecule has 0 aliphatic rings. The molecule has 0 amide bonds. The van der Waals surface area contributed by atoms with Crippen molar-refractivity contribution in [3.8, 4) is 5.75 Å². The fraction of sp³-hybridized carbons (Fsp3) is 0.167. The van der Waals surface area contributed by atoms with E-state index < -0.39 is 10.9 Å². The van der Waals surface area contributed by atoms with Crippen LogP contribution in [0.3, 0.4) is 0 Å². The average Bonchev–Trinajstić information content (AvgIpc) is 2.68. The molecule has 2 aromatic rings. The highest BCUT2D eigenvalue weighted by atomic mass is 35.5. The van der Waals surface area contributed by atoms with E-state index in [2.05, 4.69) is 5.10 Å². The van der Waals surface area contributed by atoms with Gasteiger partial charge in [0, 0.05) is 19.2 Å². The molecule has 0 unspecified atom stereocenters. The van der Waals surface area contributed by atoms with Crippen LogP contribution < -0.4 is 4.74 Å². The minimum absolute atomic E-state index is 0.0958. The Labute approximate surface area is 118 Å². The lowest BCUT2D eigenvalue weighted by Crippen LogP contribution is -2.13. The summed E-state index contributed by atoms with van der Waals surface area (Å²) in [6.07, 6.45) is 0. The summed E-state index contributed by atoms with van der Waals surface area (Å²) in [6.45, 7) is 1.75. The summed E-state index contributed by atoms with van der Waals surface area (Å²) in [4.78, 5) is 21.9. The van der Waals surface area contributed by atoms with Gasteiger partial charge in [0.05, 0.1) is 10.6 Å². The van der Waals surface area contributed by atoms with Crippen molar-refractivity contribution in [2.24, 2.45) is 7.05 Å². The summed E-state index contributed by atoms with van der Waals surface area (Å²) in [7, 11) is 1.62. The standard InChI is InChI=1S/C12H10ClN3O4/c1-7-5-11(15(2)14-7)12(17)20-8-3-4-10(16(18)19)9(13)6-8/h3-6H,1-2H3. The maximum atomic E-state index is 11.9. The van der Waals surface area contributed by atoms with Gasteiger partial charge < -0.3 is 4.74 Å². The van der Waals surface area contributed by atoms with Crippen molar-refractivity contribution < 1.29 is 14.5 Å². The molecule has 1 aromatic carbocycles. The van der Waals surface area contributed by atoms with Gasteiger partial charge in [-0.25, -0.2) is 4.79 Å². The maximum absolute atomic E-state index is 11.9. The normalized spacial score (nSPS) is 10.3. The van der Waals surface area contributed by atoms with Gasteiger partial charge in [-0.1, -0.05) is 11.6 Å². The molecule has 1 aromatic heterocycles. The van der Waals surface area contributed by atoms with Crippen molar-refractivity contribution in [3.05, 3.63) is 50.8 Å². The number of carbonyl (C=O) groups is 1. The highest BCUT2D eigenvalue weighted by Gasteiger charge is 2.17. The van der Waals surface area contributed by atoms with Crippen LogP contribution in [0.2, 0.25) is 5.02 Å². The second kappa shape index (κ2) is 5.30. The monoisotopic (exact) mass is 295 g/mol. The molecule has 0 bridgehead atoms. The quantitative estimate of drug-likeness (QED) is 0.376. The zero-order valence-electron chi connectivity index (χ0n) is 10.7. The molecule has 0 aliphatic heterocycles. The molecule has 0 fully saturated rings. The summed E-state index contributed by atoms with van der Waals surface area (Å²) in [5.74, 6) is -0.484. The first-order valence-corrected chi connectivity index (χ1v) is 5.93. The number of rotatable bonds is 3. The molecule has 0 saturated carbocycles. The molecule has 0 N–H and O–H groups in total. The number of ether oxygens (including phenoxy) is 1. The number of aryl methyl sites for hydroxylation is 2. The van der Waals surface area contributed by atoms with Crippen molar-refractivity contribution in [1.82, 2.24) is 9.78 Å². The molecule has 0 saturated heterocycles. The number of nitro groups is 1. The Morgan fingerprint density at radius 1 is 1.45 bits per heavy atom. The second-order valence-corrected chi connectivity index (χ2v) is 4.46. The Kier molecular flexibility index (Phi) is 3.71. The van der Waals surface area contributed by atoms with Gasteiger partial charge in [-0.2, -0.15) is 5.10 Å². The highest BCUT2D eigenvalue weighted by molar-refractivity contribution is 6.32. The van der Waals surface area contributed by atoms with Gasteiger partial charge in [0.1, 0.15) is 16.5 Å². The van der Waals surface area contributed by atoms with Crippen LogP contribution >= 0.6 is 11.6 Å². The van der Waals surface area contributed by atoms with Crippen LogP contribution in [0.5, 0.6) is 5.75 Å². The number of carbonyl (C=O) groups excluding carboxylic acids is 1. The molecule has 20 heavy (non-hydrogen) atoms. The van der Waals surface area contributed by atoms with Gasteiger partial charge in [0.2, 0.25) is 0 Å². The topological polar surface area (TPSA) is 87.3 Å². The molecule has 7 nitrogen and oxygen atoms in total. The van der Waals surface area contributed by atoms with Crippen molar-refractivity contribution in [2.45, 2.75) is 6.92 Å². The first kappa shape index (κ1) is 14.0. The average molecular weight is 296 g/mol. The fourth-order valence-corrected chi connectivity index (χ4v) is 1.90. The van der Waals surface area contributed by atoms with Gasteiger partial charge in [0.15, 0.2) is 0 Å². The zero-order chi connectivity index (χ0) is 14.9. The van der Waals surface area contributed by atoms with Crippen LogP contribution in [0, 0.1) is 17.0 Å². The third-order valence-electron chi connectivity index (χ3n) is 2.54. The molecular formula is C12H10ClN3O4. The van der Waals surface area contributed by atoms with Gasteiger partial charge >= 0.3 is 5.97 Å². The highest BCUT2D eigenvalue weighted by Crippen LogP contribution is 2.28. The van der Waals surface area contributed by atoms with E-state index >= 15 is 0 Å². The van der Waals surface area contributed by atoms with Gasteiger partial charge in [0.25, 0.3) is 5.69 Å². The summed E-state index contributed by atoms with van der Waals surface area (Å²) in [5.41, 5.74) is 0.709. The van der Waals surface area contributed by atoms with E-state index in [1.807, 2.05) is 0 Å². The van der Waals surface area contributed by atoms with Gasteiger partial charge in [-0.15, -0.1) is 0 Å². The first-order valence-electron chi connectivity index (χ1n) is 5.55. The Hall–Kier alpha value is -2.41. The van der Waals surface area contributed by atoms with Crippen molar-refractivity contribution in [1.29, 1.82) is 0 Å². The van der Waals surface area contributed by atoms with Crippen LogP contribution in [-0.2, 0) is 7.05 Å². The van der Waals surface area contributed by atoms with E-state index in [9.17, 15) is 14.9 Å². The van der Waals surface area contributed by atoms with Crippen LogP contribution in [-0.4, -0.2) is 20.7 Å². The second-order valence-electron chi connectivity index (χ2n) is 4.05. The third kappa shape index (κ3) is 2.77. The molecule has 104 valence electrons. The number of nitrogens with zero attached hydrogens (tertiary/aromatic N) is 3. The van der Waals surface area contributed by atoms with Crippen molar-refractivity contribution in [2.75, 3.05) is 0 Å². The van der Waals surface area contributed by atoms with E-state index in [1.165, 1.54) is 22.9 Å². The summed E-state index contributed by atoms with van der Waals surface area (Å²) in [5, 5.41) is 14.6. The first-order chi connectivity index (χ1) is 9.38. The fourth-order valence-electron chi connectivity index (χ4n) is 1.66. The van der Waals surface area contributed by atoms with E-state index in [-0.39, 0.29) is 22.2 Å². The van der Waals surface area contributed by atoms with Gasteiger partial charge in [-0.3, -0.25) is 14.8 Å². The minimum Gasteiger partial charge on any atom is -0.422 e. The molecule has 2 rings (SSSR count). The smallest absolute Gasteiger partial charge is 0.361 e. The lowest BCUT2D eigenvalue weighted by molar-refractivity contribution is -0.384. The lowest BCUT2D eigenvalue weighted by atomic mass is 10.3. The van der Waals surface area contributed by atoms with Crippen molar-refractivity contribution in [3.63, 3.8) is 0 Å². The van der Waals surface area contributed by atoms with Gasteiger partial charge in [-0.05, 0) is 19.1 Å². The number of hydrogen-bond donors (Lipinski definition) is 0. The van der Waals surface area contributed by atoms with E-state index in [0.29, 0.717) is 5.69 Å². The molecule has 1 heterocycles. The van der Waals surface area contributed by atoms with Crippen molar-refractivity contribution >= 4 is 23.3 Å². The molecule has 0 aliphatic carbocycles. The summed E-state index contributed by atoms with van der Waals surface area (Å²) in [6, 6.07) is 5.29. The maximum Gasteiger partial charge on any atom is 0.361 e. The largest absolute Gasteiger partial charge is 0.422 e. The lowest BCUT2D eigenvalue weighted by Gasteiger charge is -2.04. The van der Waals surface area contributed by atoms with E-state index in [1.54, 1.807) is 20.0 Å². The van der Waals surface area contributed by atoms with Crippen LogP contribution in [0.4, 0.5) is 5.69 Å². The number of halogens is 1. The summed E-state index contributed by atoms with van der Waals surface area (Å²) >= 11 is 5.74. The Morgan fingerprint density at radius 2 is 2.15 bits per heavy atom. The predicted octanol–water partition coefficient (Wildman–Crippen LogP) is 2.51. The Morgan fingerprint density at radius 3 is 2.65 bits per heavy atom. The Bertz CT molecular complexity index is 696. The molecular weight excluding hydrogens is 286 g/mol. The molecule has 8 heteroatoms. The SMILES string of the molecule is Cc1cc(C(=O)Oc2ccc([N+](=O)[O-])c(Cl)c2)n(C)n1. The number of hydrogen-bond acceptors (Lipinski definition) is 5. The summed E-state index contributed by atoms with van der Waals surface area (Å²) < 4.78 is 6.50. The number of esters is 1. The third-order valence-corrected chi connectivity index (χ3v) is 2.84. The number of nitro benzene ring substituents is 1. The predicted molar refractivity (Wildman–Crippen MR) is 71.0 cm³/mol. The molecule has 0 radical (unpaired) electrons. The zero-order valence-corrected chi connectivity index (χ0v) is 11.4. The minimum atomic E-state index is -0.613. The number of aromatic nitrogens is 2. The van der Waals surface area contributed by atoms with Crippen LogP contribution in [0.25, 0.3) is 0 Å².